The minimum Gasteiger partial charge on any atom is -0.389 e. The Morgan fingerprint density at radius 3 is 2.45 bits per heavy atom. The molecule has 0 aromatic heterocycles. The second-order valence-electron chi connectivity index (χ2n) is 5.33. The topological polar surface area (TPSA) is 80.5 Å². The molecule has 0 atom stereocenters. The summed E-state index contributed by atoms with van der Waals surface area (Å²) in [4.78, 5) is 12.2. The number of carbonyl (C=O) groups is 1. The molecule has 1 saturated heterocycles. The molecule has 0 unspecified atom stereocenters. The number of thiocarbonyl (C=S) groups is 1. The summed E-state index contributed by atoms with van der Waals surface area (Å²) >= 11 is 4.89. The maximum Gasteiger partial charge on any atom is 0.259 e. The number of sulfonamides is 1. The molecule has 108 valence electrons. The van der Waals surface area contributed by atoms with Crippen LogP contribution in [0.5, 0.6) is 0 Å². The average Bonchev–Trinajstić information content (AvgIpc) is 2.35. The SMILES string of the molecule is Cc1cc(C(N)=S)ccc1CN1C(=O)C(C)(C)S1(=O)=O. The van der Waals surface area contributed by atoms with Crippen LogP contribution in [0.1, 0.15) is 30.5 Å². The van der Waals surface area contributed by atoms with Crippen LogP contribution in [0, 0.1) is 6.92 Å². The van der Waals surface area contributed by atoms with Crippen LogP contribution >= 0.6 is 12.2 Å². The number of nitrogens with zero attached hydrogens (tertiary/aromatic N) is 1. The van der Waals surface area contributed by atoms with Gasteiger partial charge in [0.2, 0.25) is 0 Å². The molecule has 1 aromatic rings. The molecule has 0 radical (unpaired) electrons. The van der Waals surface area contributed by atoms with E-state index in [4.69, 9.17) is 18.0 Å². The second kappa shape index (κ2) is 4.53. The van der Waals surface area contributed by atoms with Gasteiger partial charge in [0.1, 0.15) is 4.99 Å². The highest BCUT2D eigenvalue weighted by Gasteiger charge is 2.59. The third-order valence-corrected chi connectivity index (χ3v) is 6.19. The highest BCUT2D eigenvalue weighted by atomic mass is 32.2. The van der Waals surface area contributed by atoms with E-state index in [0.29, 0.717) is 0 Å². The van der Waals surface area contributed by atoms with Crippen molar-refractivity contribution < 1.29 is 13.2 Å². The van der Waals surface area contributed by atoms with E-state index in [2.05, 4.69) is 0 Å². The first kappa shape index (κ1) is 14.9. The van der Waals surface area contributed by atoms with Gasteiger partial charge in [-0.25, -0.2) is 12.7 Å². The molecule has 1 fully saturated rings. The zero-order chi connectivity index (χ0) is 15.3. The van der Waals surface area contributed by atoms with E-state index in [1.54, 1.807) is 18.2 Å². The Morgan fingerprint density at radius 2 is 2.00 bits per heavy atom. The predicted molar refractivity (Wildman–Crippen MR) is 80.6 cm³/mol. The largest absolute Gasteiger partial charge is 0.389 e. The van der Waals surface area contributed by atoms with Gasteiger partial charge < -0.3 is 5.73 Å². The Morgan fingerprint density at radius 1 is 1.40 bits per heavy atom. The predicted octanol–water partition coefficient (Wildman–Crippen LogP) is 1.08. The summed E-state index contributed by atoms with van der Waals surface area (Å²) in [5, 5.41) is 0. The van der Waals surface area contributed by atoms with Crippen LogP contribution in [0.25, 0.3) is 0 Å². The van der Waals surface area contributed by atoms with Crippen molar-refractivity contribution in [3.8, 4) is 0 Å². The molecule has 1 amide bonds. The van der Waals surface area contributed by atoms with E-state index in [1.807, 2.05) is 6.92 Å². The highest BCUT2D eigenvalue weighted by molar-refractivity contribution is 7.94. The number of amides is 1. The summed E-state index contributed by atoms with van der Waals surface area (Å²) in [5.41, 5.74) is 7.88. The van der Waals surface area contributed by atoms with Crippen molar-refractivity contribution in [3.05, 3.63) is 34.9 Å². The first-order valence-corrected chi connectivity index (χ1v) is 7.90. The molecule has 2 rings (SSSR count). The standard InChI is InChI=1S/C13H16N2O3S2/c1-8-6-9(11(14)19)4-5-10(8)7-15-12(16)13(2,3)20(15,17)18/h4-6H,7H2,1-3H3,(H2,14,19). The molecule has 2 N–H and O–H groups in total. The average molecular weight is 312 g/mol. The van der Waals surface area contributed by atoms with E-state index in [9.17, 15) is 13.2 Å². The molecule has 1 aliphatic rings. The molecule has 1 aromatic carbocycles. The van der Waals surface area contributed by atoms with E-state index < -0.39 is 14.8 Å². The van der Waals surface area contributed by atoms with Gasteiger partial charge in [0.25, 0.3) is 15.9 Å². The van der Waals surface area contributed by atoms with Crippen molar-refractivity contribution in [1.82, 2.24) is 4.31 Å². The van der Waals surface area contributed by atoms with Crippen molar-refractivity contribution in [1.29, 1.82) is 0 Å². The summed E-state index contributed by atoms with van der Waals surface area (Å²) in [6.07, 6.45) is 0. The monoisotopic (exact) mass is 312 g/mol. The Hall–Kier alpha value is -1.47. The smallest absolute Gasteiger partial charge is 0.259 e. The van der Waals surface area contributed by atoms with Gasteiger partial charge in [-0.2, -0.15) is 0 Å². The summed E-state index contributed by atoms with van der Waals surface area (Å²) in [5.74, 6) is -0.379. The quantitative estimate of drug-likeness (QED) is 0.845. The molecule has 1 heterocycles. The van der Waals surface area contributed by atoms with Crippen molar-refractivity contribution in [3.63, 3.8) is 0 Å². The van der Waals surface area contributed by atoms with Crippen LogP contribution in [0.2, 0.25) is 0 Å². The molecule has 7 heteroatoms. The van der Waals surface area contributed by atoms with E-state index in [0.717, 1.165) is 21.0 Å². The van der Waals surface area contributed by atoms with Crippen LogP contribution in [-0.4, -0.2) is 28.4 Å². The Bertz CT molecular complexity index is 708. The summed E-state index contributed by atoms with van der Waals surface area (Å²) in [6, 6.07) is 5.27. The van der Waals surface area contributed by atoms with Crippen LogP contribution < -0.4 is 5.73 Å². The van der Waals surface area contributed by atoms with E-state index in [-0.39, 0.29) is 17.4 Å². The Balaban J connectivity index is 2.29. The van der Waals surface area contributed by atoms with Crippen LogP contribution in [0.15, 0.2) is 18.2 Å². The fourth-order valence-corrected chi connectivity index (χ4v) is 3.73. The lowest BCUT2D eigenvalue weighted by molar-refractivity contribution is -0.132. The lowest BCUT2D eigenvalue weighted by Crippen LogP contribution is -2.66. The third-order valence-electron chi connectivity index (χ3n) is 3.62. The van der Waals surface area contributed by atoms with Gasteiger partial charge in [0.15, 0.2) is 4.75 Å². The van der Waals surface area contributed by atoms with Gasteiger partial charge in [-0.05, 0) is 38.0 Å². The number of benzene rings is 1. The fraction of sp³-hybridized carbons (Fsp3) is 0.385. The fourth-order valence-electron chi connectivity index (χ4n) is 2.09. The van der Waals surface area contributed by atoms with Gasteiger partial charge in [-0.3, -0.25) is 4.79 Å². The van der Waals surface area contributed by atoms with Crippen molar-refractivity contribution in [2.75, 3.05) is 0 Å². The highest BCUT2D eigenvalue weighted by Crippen LogP contribution is 2.36. The van der Waals surface area contributed by atoms with E-state index >= 15 is 0 Å². The van der Waals surface area contributed by atoms with Gasteiger partial charge >= 0.3 is 0 Å². The second-order valence-corrected chi connectivity index (χ2v) is 8.18. The Kier molecular flexibility index (Phi) is 3.38. The van der Waals surface area contributed by atoms with Gasteiger partial charge in [0, 0.05) is 5.56 Å². The zero-order valence-corrected chi connectivity index (χ0v) is 13.1. The van der Waals surface area contributed by atoms with Crippen molar-refractivity contribution >= 4 is 33.1 Å². The maximum atomic E-state index is 12.0. The molecule has 0 bridgehead atoms. The van der Waals surface area contributed by atoms with E-state index in [1.165, 1.54) is 13.8 Å². The molecular formula is C13H16N2O3S2. The minimum absolute atomic E-state index is 0.0496. The van der Waals surface area contributed by atoms with Crippen LogP contribution in [0.4, 0.5) is 0 Å². The Labute approximate surface area is 123 Å². The molecule has 0 saturated carbocycles. The lowest BCUT2D eigenvalue weighted by Gasteiger charge is -2.43. The summed E-state index contributed by atoms with van der Waals surface area (Å²) < 4.78 is 23.7. The van der Waals surface area contributed by atoms with Crippen LogP contribution in [0.3, 0.4) is 0 Å². The molecule has 5 nitrogen and oxygen atoms in total. The first-order chi connectivity index (χ1) is 9.09. The molecule has 20 heavy (non-hydrogen) atoms. The number of hydrogen-bond acceptors (Lipinski definition) is 4. The number of aryl methyl sites for hydroxylation is 1. The first-order valence-electron chi connectivity index (χ1n) is 6.05. The minimum atomic E-state index is -3.56. The van der Waals surface area contributed by atoms with Gasteiger partial charge in [-0.15, -0.1) is 0 Å². The van der Waals surface area contributed by atoms with Crippen molar-refractivity contribution in [2.45, 2.75) is 32.1 Å². The van der Waals surface area contributed by atoms with Crippen LogP contribution in [-0.2, 0) is 21.4 Å². The number of nitrogens with two attached hydrogens (primary N) is 1. The lowest BCUT2D eigenvalue weighted by atomic mass is 10.0. The molecular weight excluding hydrogens is 296 g/mol. The summed E-state index contributed by atoms with van der Waals surface area (Å²) in [6.45, 7) is 4.72. The number of carbonyl (C=O) groups excluding carboxylic acids is 1. The van der Waals surface area contributed by atoms with Gasteiger partial charge in [0.05, 0.1) is 6.54 Å². The third kappa shape index (κ3) is 2.01. The molecule has 0 aliphatic carbocycles. The van der Waals surface area contributed by atoms with Crippen molar-refractivity contribution in [2.24, 2.45) is 5.73 Å². The normalized spacial score (nSPS) is 19.6. The van der Waals surface area contributed by atoms with Gasteiger partial charge in [-0.1, -0.05) is 24.4 Å². The maximum absolute atomic E-state index is 12.0. The zero-order valence-electron chi connectivity index (χ0n) is 11.5. The molecule has 1 aliphatic heterocycles. The number of rotatable bonds is 3. The molecule has 0 spiro atoms. The summed E-state index contributed by atoms with van der Waals surface area (Å²) in [7, 11) is -3.56. The number of hydrogen-bond donors (Lipinski definition) is 1.